The summed E-state index contributed by atoms with van der Waals surface area (Å²) in [6, 6.07) is 14.8. The van der Waals surface area contributed by atoms with E-state index in [0.717, 1.165) is 0 Å². The van der Waals surface area contributed by atoms with Crippen LogP contribution >= 0.6 is 0 Å². The summed E-state index contributed by atoms with van der Waals surface area (Å²) in [5, 5.41) is 2.62. The van der Waals surface area contributed by atoms with Crippen LogP contribution in [0.1, 0.15) is 10.5 Å². The van der Waals surface area contributed by atoms with E-state index in [-0.39, 0.29) is 10.6 Å². The lowest BCUT2D eigenvalue weighted by molar-refractivity contribution is 0.102. The molecule has 0 radical (unpaired) electrons. The Morgan fingerprint density at radius 3 is 2.50 bits per heavy atom. The highest BCUT2D eigenvalue weighted by atomic mass is 32.2. The lowest BCUT2D eigenvalue weighted by Gasteiger charge is -2.19. The molecule has 0 saturated heterocycles. The van der Waals surface area contributed by atoms with Gasteiger partial charge in [-0.15, -0.1) is 0 Å². The van der Waals surface area contributed by atoms with Crippen molar-refractivity contribution in [1.29, 1.82) is 0 Å². The number of nitrogens with one attached hydrogen (secondary N) is 1. The first-order valence-corrected chi connectivity index (χ1v) is 9.14. The average Bonchev–Trinajstić information content (AvgIpc) is 2.69. The number of carbonyl (C=O) groups excluding carboxylic acids is 1. The third-order valence-electron chi connectivity index (χ3n) is 3.67. The molecule has 1 heterocycles. The van der Waals surface area contributed by atoms with Crippen molar-refractivity contribution in [3.63, 3.8) is 0 Å². The molecule has 3 rings (SSSR count). The molecule has 2 aromatic carbocycles. The molecule has 0 aliphatic rings. The summed E-state index contributed by atoms with van der Waals surface area (Å²) in [7, 11) is -2.28. The van der Waals surface area contributed by atoms with Gasteiger partial charge in [-0.25, -0.2) is 13.4 Å². The smallest absolute Gasteiger partial charge is 0.275 e. The number of anilines is 2. The van der Waals surface area contributed by atoms with Crippen LogP contribution in [0.2, 0.25) is 0 Å². The van der Waals surface area contributed by atoms with E-state index in [0.29, 0.717) is 11.4 Å². The van der Waals surface area contributed by atoms with E-state index in [2.05, 4.69) is 15.3 Å². The number of benzene rings is 2. The molecular formula is C18H16N4O3S. The summed E-state index contributed by atoms with van der Waals surface area (Å²) >= 11 is 0. The van der Waals surface area contributed by atoms with Gasteiger partial charge in [0.1, 0.15) is 5.69 Å². The first-order chi connectivity index (χ1) is 12.5. The summed E-state index contributed by atoms with van der Waals surface area (Å²) in [6.07, 6.45) is 4.20. The van der Waals surface area contributed by atoms with Crippen LogP contribution in [0.15, 0.2) is 78.1 Å². The second-order valence-corrected chi connectivity index (χ2v) is 7.35. The molecule has 1 amide bonds. The molecule has 0 fully saturated rings. The van der Waals surface area contributed by atoms with E-state index in [9.17, 15) is 13.2 Å². The minimum Gasteiger partial charge on any atom is -0.321 e. The molecule has 0 bridgehead atoms. The Morgan fingerprint density at radius 2 is 1.81 bits per heavy atom. The molecule has 0 aliphatic carbocycles. The number of hydrogen-bond donors (Lipinski definition) is 1. The van der Waals surface area contributed by atoms with Crippen LogP contribution < -0.4 is 9.62 Å². The quantitative estimate of drug-likeness (QED) is 0.747. The van der Waals surface area contributed by atoms with Gasteiger partial charge in [0.25, 0.3) is 15.9 Å². The zero-order chi connectivity index (χ0) is 18.6. The van der Waals surface area contributed by atoms with E-state index in [1.165, 1.54) is 42.1 Å². The summed E-state index contributed by atoms with van der Waals surface area (Å²) in [5.74, 6) is -0.468. The highest BCUT2D eigenvalue weighted by molar-refractivity contribution is 7.92. The van der Waals surface area contributed by atoms with Crippen molar-refractivity contribution in [2.75, 3.05) is 16.7 Å². The van der Waals surface area contributed by atoms with E-state index >= 15 is 0 Å². The van der Waals surface area contributed by atoms with Crippen LogP contribution in [0.4, 0.5) is 11.4 Å². The average molecular weight is 368 g/mol. The largest absolute Gasteiger partial charge is 0.321 e. The zero-order valence-corrected chi connectivity index (χ0v) is 14.7. The Labute approximate surface area is 151 Å². The molecule has 0 atom stereocenters. The maximum absolute atomic E-state index is 12.8. The van der Waals surface area contributed by atoms with Gasteiger partial charge in [-0.2, -0.15) is 0 Å². The number of nitrogens with zero attached hydrogens (tertiary/aromatic N) is 3. The summed E-state index contributed by atoms with van der Waals surface area (Å²) in [5.41, 5.74) is 1.03. The number of rotatable bonds is 5. The van der Waals surface area contributed by atoms with Gasteiger partial charge in [0, 0.05) is 25.1 Å². The lowest BCUT2D eigenvalue weighted by Crippen LogP contribution is -2.26. The SMILES string of the molecule is CN(c1ccccc1)S(=O)(=O)c1cccc(NC(=O)c2cnccn2)c1. The van der Waals surface area contributed by atoms with E-state index in [1.807, 2.05) is 6.07 Å². The standard InChI is InChI=1S/C18H16N4O3S/c1-22(15-7-3-2-4-8-15)26(24,25)16-9-5-6-14(12-16)21-18(23)17-13-19-10-11-20-17/h2-13H,1H3,(H,21,23). The van der Waals surface area contributed by atoms with Gasteiger partial charge < -0.3 is 5.32 Å². The maximum atomic E-state index is 12.8. The summed E-state index contributed by atoms with van der Waals surface area (Å²) < 4.78 is 26.9. The van der Waals surface area contributed by atoms with Gasteiger partial charge in [-0.3, -0.25) is 14.1 Å². The molecule has 0 spiro atoms. The summed E-state index contributed by atoms with van der Waals surface area (Å²) in [4.78, 5) is 20.0. The molecule has 8 heteroatoms. The number of amides is 1. The molecule has 0 saturated carbocycles. The Balaban J connectivity index is 1.86. The van der Waals surface area contributed by atoms with Crippen molar-refractivity contribution in [3.8, 4) is 0 Å². The van der Waals surface area contributed by atoms with Crippen LogP contribution in [-0.4, -0.2) is 31.3 Å². The Hall–Kier alpha value is -3.26. The number of hydrogen-bond acceptors (Lipinski definition) is 5. The first-order valence-electron chi connectivity index (χ1n) is 7.70. The van der Waals surface area contributed by atoms with Crippen molar-refractivity contribution in [3.05, 3.63) is 78.9 Å². The predicted molar refractivity (Wildman–Crippen MR) is 98.5 cm³/mol. The topological polar surface area (TPSA) is 92.3 Å². The van der Waals surface area contributed by atoms with Gasteiger partial charge in [0.05, 0.1) is 16.8 Å². The van der Waals surface area contributed by atoms with Crippen LogP contribution in [-0.2, 0) is 10.0 Å². The lowest BCUT2D eigenvalue weighted by atomic mass is 10.3. The number of aromatic nitrogens is 2. The molecular weight excluding hydrogens is 352 g/mol. The maximum Gasteiger partial charge on any atom is 0.275 e. The van der Waals surface area contributed by atoms with Gasteiger partial charge in [0.2, 0.25) is 0 Å². The van der Waals surface area contributed by atoms with Gasteiger partial charge in [-0.05, 0) is 30.3 Å². The number of carbonyl (C=O) groups is 1. The fraction of sp³-hybridized carbons (Fsp3) is 0.0556. The molecule has 7 nitrogen and oxygen atoms in total. The third kappa shape index (κ3) is 3.70. The Kier molecular flexibility index (Phi) is 4.94. The van der Waals surface area contributed by atoms with Crippen molar-refractivity contribution in [1.82, 2.24) is 9.97 Å². The highest BCUT2D eigenvalue weighted by Gasteiger charge is 2.21. The van der Waals surface area contributed by atoms with Crippen molar-refractivity contribution in [2.24, 2.45) is 0 Å². The first kappa shape index (κ1) is 17.6. The fourth-order valence-electron chi connectivity index (χ4n) is 2.28. The van der Waals surface area contributed by atoms with Crippen molar-refractivity contribution < 1.29 is 13.2 Å². The van der Waals surface area contributed by atoms with Crippen molar-refractivity contribution >= 4 is 27.3 Å². The van der Waals surface area contributed by atoms with Gasteiger partial charge >= 0.3 is 0 Å². The van der Waals surface area contributed by atoms with Gasteiger partial charge in [0.15, 0.2) is 0 Å². The Bertz CT molecular complexity index is 1010. The molecule has 0 unspecified atom stereocenters. The van der Waals surface area contributed by atoms with Crippen molar-refractivity contribution in [2.45, 2.75) is 4.90 Å². The zero-order valence-electron chi connectivity index (χ0n) is 13.9. The van der Waals surface area contributed by atoms with Crippen LogP contribution in [0, 0.1) is 0 Å². The molecule has 0 aliphatic heterocycles. The fourth-order valence-corrected chi connectivity index (χ4v) is 3.52. The van der Waals surface area contributed by atoms with Crippen LogP contribution in [0.25, 0.3) is 0 Å². The number of para-hydroxylation sites is 1. The number of sulfonamides is 1. The van der Waals surface area contributed by atoms with E-state index in [1.54, 1.807) is 36.4 Å². The van der Waals surface area contributed by atoms with Crippen LogP contribution in [0.5, 0.6) is 0 Å². The molecule has 26 heavy (non-hydrogen) atoms. The monoisotopic (exact) mass is 368 g/mol. The normalized spacial score (nSPS) is 11.0. The molecule has 3 aromatic rings. The second kappa shape index (κ2) is 7.32. The third-order valence-corrected chi connectivity index (χ3v) is 5.45. The highest BCUT2D eigenvalue weighted by Crippen LogP contribution is 2.23. The van der Waals surface area contributed by atoms with Gasteiger partial charge in [-0.1, -0.05) is 24.3 Å². The molecule has 1 aromatic heterocycles. The van der Waals surface area contributed by atoms with E-state index < -0.39 is 15.9 Å². The predicted octanol–water partition coefficient (Wildman–Crippen LogP) is 2.55. The van der Waals surface area contributed by atoms with E-state index in [4.69, 9.17) is 0 Å². The molecule has 1 N–H and O–H groups in total. The minimum atomic E-state index is -3.76. The Morgan fingerprint density at radius 1 is 1.04 bits per heavy atom. The second-order valence-electron chi connectivity index (χ2n) is 5.38. The minimum absolute atomic E-state index is 0.0702. The van der Waals surface area contributed by atoms with Crippen LogP contribution in [0.3, 0.4) is 0 Å². The summed E-state index contributed by atoms with van der Waals surface area (Å²) in [6.45, 7) is 0. The molecule has 132 valence electrons.